The van der Waals surface area contributed by atoms with Gasteiger partial charge in [0.05, 0.1) is 33.9 Å². The molecule has 0 saturated carbocycles. The molecule has 2 aliphatic heterocycles. The number of aromatic nitrogens is 2. The van der Waals surface area contributed by atoms with Crippen LogP contribution in [0.25, 0.3) is 10.4 Å². The van der Waals surface area contributed by atoms with Crippen LogP contribution in [0.2, 0.25) is 0 Å². The lowest BCUT2D eigenvalue weighted by atomic mass is 9.91. The van der Waals surface area contributed by atoms with Crippen molar-refractivity contribution in [1.29, 1.82) is 0 Å². The molecule has 2 unspecified atom stereocenters. The molecule has 1 N–H and O–H groups in total. The van der Waals surface area contributed by atoms with Crippen LogP contribution in [0.3, 0.4) is 0 Å². The van der Waals surface area contributed by atoms with E-state index in [0.717, 1.165) is 40.8 Å². The smallest absolute Gasteiger partial charge is 0.430 e. The molecule has 0 bridgehead atoms. The van der Waals surface area contributed by atoms with Crippen molar-refractivity contribution in [2.45, 2.75) is 103 Å². The second-order valence-corrected chi connectivity index (χ2v) is 20.7. The van der Waals surface area contributed by atoms with Crippen molar-refractivity contribution in [3.63, 3.8) is 0 Å². The van der Waals surface area contributed by atoms with Crippen LogP contribution in [-0.2, 0) is 37.4 Å². The zero-order chi connectivity index (χ0) is 41.6. The molecule has 314 valence electrons. The molecule has 2 aliphatic rings. The summed E-state index contributed by atoms with van der Waals surface area (Å²) in [7, 11) is 0.571. The summed E-state index contributed by atoms with van der Waals surface area (Å²) in [6, 6.07) is 8.30. The molecule has 5 rings (SSSR count). The van der Waals surface area contributed by atoms with Crippen LogP contribution < -0.4 is 10.2 Å². The highest BCUT2D eigenvalue weighted by atomic mass is 33.1. The molecule has 3 aromatic rings. The molecule has 2 saturated heterocycles. The Morgan fingerprint density at radius 2 is 1.70 bits per heavy atom. The monoisotopic (exact) mass is 849 g/mol. The Hall–Kier alpha value is -3.71. The van der Waals surface area contributed by atoms with Crippen LogP contribution in [-0.4, -0.2) is 111 Å². The number of ether oxygens (including phenoxy) is 4. The molecule has 2 fully saturated rings. The summed E-state index contributed by atoms with van der Waals surface area (Å²) in [4.78, 5) is 50.7. The minimum Gasteiger partial charge on any atom is -0.430 e. The van der Waals surface area contributed by atoms with E-state index in [1.807, 2.05) is 57.5 Å². The number of nitrogens with zero attached hydrogens (tertiary/aromatic N) is 4. The van der Waals surface area contributed by atoms with Gasteiger partial charge in [0.25, 0.3) is 0 Å². The van der Waals surface area contributed by atoms with Crippen molar-refractivity contribution in [1.82, 2.24) is 20.4 Å². The van der Waals surface area contributed by atoms with E-state index in [1.165, 1.54) is 4.90 Å². The van der Waals surface area contributed by atoms with E-state index in [-0.39, 0.29) is 37.0 Å². The van der Waals surface area contributed by atoms with Gasteiger partial charge in [-0.05, 0) is 68.4 Å². The summed E-state index contributed by atoms with van der Waals surface area (Å²) in [5.41, 5.74) is 4.65. The number of anilines is 1. The average Bonchev–Trinajstić information content (AvgIpc) is 3.92. The third-order valence-corrected chi connectivity index (χ3v) is 14.6. The summed E-state index contributed by atoms with van der Waals surface area (Å²) in [6.07, 6.45) is -0.190. The number of piperidine rings is 1. The number of likely N-dealkylation sites (tertiary alicyclic amines) is 1. The Morgan fingerprint density at radius 3 is 2.28 bits per heavy atom. The number of hydrogen-bond donors (Lipinski definition) is 1. The second-order valence-electron chi connectivity index (χ2n) is 15.2. The fourth-order valence-electron chi connectivity index (χ4n) is 7.41. The zero-order valence-electron chi connectivity index (χ0n) is 34.0. The molecule has 2 aromatic heterocycles. The first-order valence-corrected chi connectivity index (χ1v) is 23.3. The first-order valence-electron chi connectivity index (χ1n) is 19.1. The molecular weight excluding hydrogens is 795 g/mol. The Balaban J connectivity index is 1.33. The highest BCUT2D eigenvalue weighted by Gasteiger charge is 2.46. The number of nitrogens with one attached hydrogen (secondary N) is 1. The number of carbonyl (C=O) groups is 3. The first kappa shape index (κ1) is 44.4. The molecule has 0 spiro atoms. The number of aryl methyl sites for hydroxylation is 1. The SMILES string of the molecule is COC(OC)C1CCN(c2cc([C@H](C(=O)N3C[C@H](OC(=O)OC(C)C(C)SS(C)(=O)=O)C[C@H]3C(=O)N[C@@H](C)c3ccc(-c4scnc4C)cc3)C(C)C)on2)CC1. The number of benzene rings is 1. The van der Waals surface area contributed by atoms with E-state index in [2.05, 4.69) is 20.4 Å². The molecule has 0 aliphatic carbocycles. The van der Waals surface area contributed by atoms with Gasteiger partial charge in [0.1, 0.15) is 24.2 Å². The molecule has 4 heterocycles. The van der Waals surface area contributed by atoms with Gasteiger partial charge in [0.15, 0.2) is 26.7 Å². The first-order chi connectivity index (χ1) is 27.0. The maximum Gasteiger partial charge on any atom is 0.508 e. The molecule has 6 atom stereocenters. The maximum atomic E-state index is 14.6. The van der Waals surface area contributed by atoms with Gasteiger partial charge in [-0.15, -0.1) is 11.3 Å². The predicted molar refractivity (Wildman–Crippen MR) is 219 cm³/mol. The Labute approximate surface area is 342 Å². The summed E-state index contributed by atoms with van der Waals surface area (Å²) >= 11 is 1.56. The summed E-state index contributed by atoms with van der Waals surface area (Å²) in [5, 5.41) is 6.85. The van der Waals surface area contributed by atoms with Crippen LogP contribution in [0.15, 0.2) is 40.4 Å². The molecule has 15 nitrogen and oxygen atoms in total. The fourth-order valence-corrected chi connectivity index (χ4v) is 11.1. The minimum absolute atomic E-state index is 0.0242. The van der Waals surface area contributed by atoms with E-state index in [0.29, 0.717) is 35.5 Å². The van der Waals surface area contributed by atoms with Crippen molar-refractivity contribution in [2.24, 2.45) is 11.8 Å². The normalized spacial score (nSPS) is 20.1. The van der Waals surface area contributed by atoms with Crippen LogP contribution in [0.4, 0.5) is 10.6 Å². The van der Waals surface area contributed by atoms with E-state index in [1.54, 1.807) is 45.5 Å². The van der Waals surface area contributed by atoms with Crippen molar-refractivity contribution in [3.05, 3.63) is 52.9 Å². The molecule has 18 heteroatoms. The largest absolute Gasteiger partial charge is 0.508 e. The maximum absolute atomic E-state index is 14.6. The number of rotatable bonds is 16. The summed E-state index contributed by atoms with van der Waals surface area (Å²) < 4.78 is 51.5. The Bertz CT molecular complexity index is 1930. The summed E-state index contributed by atoms with van der Waals surface area (Å²) in [5.74, 6) is -0.558. The van der Waals surface area contributed by atoms with Crippen molar-refractivity contribution >= 4 is 54.8 Å². The molecule has 57 heavy (non-hydrogen) atoms. The lowest BCUT2D eigenvalue weighted by Gasteiger charge is -2.34. The molecule has 0 radical (unpaired) electrons. The fraction of sp³-hybridized carbons (Fsp3) is 0.615. The van der Waals surface area contributed by atoms with Crippen LogP contribution in [0.1, 0.15) is 82.9 Å². The standard InChI is InChI=1S/C39H55N5O10S3/c1-22(2)34(32-19-33(42-54-32)43-16-14-29(15-17-43)38(50-7)51-8)37(46)44-20-30(53-39(47)52-25(5)26(6)56-57(9,48)49)18-31(44)36(45)41-23(3)27-10-12-28(13-11-27)35-24(4)40-21-55-35/h10-13,19,21-23,25-26,29-31,34,38H,14-18,20H2,1-9H3,(H,41,45)/t23-,25?,26?,30+,31-,34+/m0/s1. The van der Waals surface area contributed by atoms with E-state index in [4.69, 9.17) is 23.5 Å². The second kappa shape index (κ2) is 19.4. The number of hydrogen-bond acceptors (Lipinski definition) is 15. The highest BCUT2D eigenvalue weighted by molar-refractivity contribution is 8.72. The van der Waals surface area contributed by atoms with Crippen molar-refractivity contribution in [3.8, 4) is 10.4 Å². The third kappa shape index (κ3) is 11.3. The van der Waals surface area contributed by atoms with Gasteiger partial charge < -0.3 is 38.6 Å². The number of methoxy groups -OCH3 is 2. The highest BCUT2D eigenvalue weighted by Crippen LogP contribution is 2.35. The Kier molecular flexibility index (Phi) is 15.1. The van der Waals surface area contributed by atoms with Gasteiger partial charge in [0.2, 0.25) is 11.8 Å². The quantitative estimate of drug-likeness (QED) is 0.0985. The lowest BCUT2D eigenvalue weighted by molar-refractivity contribution is -0.141. The van der Waals surface area contributed by atoms with Gasteiger partial charge in [-0.25, -0.2) is 18.2 Å². The van der Waals surface area contributed by atoms with Gasteiger partial charge in [-0.2, -0.15) is 0 Å². The number of carbonyl (C=O) groups excluding carboxylic acids is 3. The van der Waals surface area contributed by atoms with Crippen molar-refractivity contribution < 1.29 is 46.3 Å². The van der Waals surface area contributed by atoms with Crippen LogP contribution in [0, 0.1) is 18.8 Å². The van der Waals surface area contributed by atoms with E-state index < -0.39 is 56.4 Å². The van der Waals surface area contributed by atoms with Crippen LogP contribution >= 0.6 is 22.1 Å². The van der Waals surface area contributed by atoms with Gasteiger partial charge in [-0.3, -0.25) is 9.59 Å². The van der Waals surface area contributed by atoms with Gasteiger partial charge in [0, 0.05) is 52.0 Å². The zero-order valence-corrected chi connectivity index (χ0v) is 36.4. The lowest BCUT2D eigenvalue weighted by Crippen LogP contribution is -2.48. The topological polar surface area (TPSA) is 180 Å². The third-order valence-electron chi connectivity index (χ3n) is 10.6. The molecule has 1 aromatic carbocycles. The van der Waals surface area contributed by atoms with E-state index >= 15 is 0 Å². The molecule has 2 amide bonds. The van der Waals surface area contributed by atoms with Crippen molar-refractivity contribution in [2.75, 3.05) is 45.0 Å². The van der Waals surface area contributed by atoms with Gasteiger partial charge >= 0.3 is 6.16 Å². The average molecular weight is 850 g/mol. The van der Waals surface area contributed by atoms with Crippen LogP contribution in [0.5, 0.6) is 0 Å². The minimum atomic E-state index is -3.39. The summed E-state index contributed by atoms with van der Waals surface area (Å²) in [6.45, 7) is 12.2. The molecular formula is C39H55N5O10S3. The predicted octanol–water partition coefficient (Wildman–Crippen LogP) is 6.15. The Morgan fingerprint density at radius 1 is 1.04 bits per heavy atom. The number of amides is 2. The number of thiazole rings is 1. The van der Waals surface area contributed by atoms with Gasteiger partial charge in [-0.1, -0.05) is 43.3 Å². The van der Waals surface area contributed by atoms with E-state index in [9.17, 15) is 22.8 Å².